The van der Waals surface area contributed by atoms with E-state index in [2.05, 4.69) is 48.5 Å². The first-order chi connectivity index (χ1) is 9.35. The van der Waals surface area contributed by atoms with Crippen LogP contribution in [0, 0.1) is 0 Å². The molecule has 1 N–H and O–H groups in total. The third kappa shape index (κ3) is 3.95. The Morgan fingerprint density at radius 3 is 2.89 bits per heavy atom. The summed E-state index contributed by atoms with van der Waals surface area (Å²) in [7, 11) is 2.06. The maximum atomic E-state index is 4.42. The number of nitrogens with one attached hydrogen (secondary N) is 1. The number of para-hydroxylation sites is 1. The first-order valence-corrected chi connectivity index (χ1v) is 8.08. The lowest BCUT2D eigenvalue weighted by Gasteiger charge is -2.16. The zero-order valence-electron chi connectivity index (χ0n) is 11.7. The van der Waals surface area contributed by atoms with Gasteiger partial charge in [0.05, 0.1) is 5.52 Å². The van der Waals surface area contributed by atoms with E-state index in [1.807, 2.05) is 24.0 Å². The predicted molar refractivity (Wildman–Crippen MR) is 85.9 cm³/mol. The van der Waals surface area contributed by atoms with Crippen molar-refractivity contribution in [2.45, 2.75) is 25.8 Å². The molecule has 1 atom stereocenters. The van der Waals surface area contributed by atoms with Crippen LogP contribution in [0.3, 0.4) is 0 Å². The van der Waals surface area contributed by atoms with E-state index in [4.69, 9.17) is 0 Å². The van der Waals surface area contributed by atoms with Crippen LogP contribution >= 0.6 is 11.8 Å². The molecule has 2 rings (SSSR count). The Kier molecular flexibility index (Phi) is 5.67. The minimum Gasteiger partial charge on any atom is -0.316 e. The summed E-state index contributed by atoms with van der Waals surface area (Å²) in [6, 6.07) is 11.1. The molecule has 2 aromatic rings. The zero-order chi connectivity index (χ0) is 13.5. The average molecular weight is 274 g/mol. The highest BCUT2D eigenvalue weighted by molar-refractivity contribution is 7.99. The summed E-state index contributed by atoms with van der Waals surface area (Å²) in [4.78, 5) is 4.42. The molecule has 0 saturated carbocycles. The highest BCUT2D eigenvalue weighted by Crippen LogP contribution is 2.18. The van der Waals surface area contributed by atoms with Crippen molar-refractivity contribution in [3.8, 4) is 0 Å². The van der Waals surface area contributed by atoms with E-state index in [9.17, 15) is 0 Å². The van der Waals surface area contributed by atoms with Gasteiger partial charge in [0.2, 0.25) is 0 Å². The van der Waals surface area contributed by atoms with Gasteiger partial charge in [0.15, 0.2) is 0 Å². The third-order valence-electron chi connectivity index (χ3n) is 3.28. The van der Waals surface area contributed by atoms with Crippen molar-refractivity contribution in [3.63, 3.8) is 0 Å². The van der Waals surface area contributed by atoms with E-state index in [1.54, 1.807) is 0 Å². The van der Waals surface area contributed by atoms with Crippen LogP contribution < -0.4 is 5.32 Å². The Morgan fingerprint density at radius 2 is 2.11 bits per heavy atom. The van der Waals surface area contributed by atoms with Gasteiger partial charge in [-0.3, -0.25) is 4.98 Å². The van der Waals surface area contributed by atoms with Crippen LogP contribution in [0.15, 0.2) is 36.5 Å². The summed E-state index contributed by atoms with van der Waals surface area (Å²) in [5.41, 5.74) is 2.48. The number of benzene rings is 1. The number of fused-ring (bicyclic) bond motifs is 1. The van der Waals surface area contributed by atoms with E-state index in [0.29, 0.717) is 6.04 Å². The molecule has 1 heterocycles. The molecule has 0 spiro atoms. The van der Waals surface area contributed by atoms with Crippen LogP contribution in [0.5, 0.6) is 0 Å². The lowest BCUT2D eigenvalue weighted by molar-refractivity contribution is 0.619. The second-order valence-corrected chi connectivity index (χ2v) is 5.90. The summed E-state index contributed by atoms with van der Waals surface area (Å²) >= 11 is 2.03. The van der Waals surface area contributed by atoms with Gasteiger partial charge in [-0.05, 0) is 43.3 Å². The molecule has 1 unspecified atom stereocenters. The zero-order valence-corrected chi connectivity index (χ0v) is 12.5. The van der Waals surface area contributed by atoms with Gasteiger partial charge < -0.3 is 5.32 Å². The van der Waals surface area contributed by atoms with Crippen molar-refractivity contribution in [2.75, 3.05) is 18.6 Å². The third-order valence-corrected chi connectivity index (χ3v) is 4.62. The van der Waals surface area contributed by atoms with Crippen molar-refractivity contribution in [1.82, 2.24) is 10.3 Å². The molecule has 2 nitrogen and oxygen atoms in total. The smallest absolute Gasteiger partial charge is 0.0704 e. The van der Waals surface area contributed by atoms with Crippen LogP contribution in [-0.2, 0) is 6.42 Å². The highest BCUT2D eigenvalue weighted by Gasteiger charge is 2.09. The molecule has 0 amide bonds. The minimum absolute atomic E-state index is 0.530. The first kappa shape index (κ1) is 14.4. The topological polar surface area (TPSA) is 24.9 Å². The fraction of sp³-hybridized carbons (Fsp3) is 0.438. The number of hydrogen-bond acceptors (Lipinski definition) is 3. The van der Waals surface area contributed by atoms with Crippen molar-refractivity contribution < 1.29 is 0 Å². The van der Waals surface area contributed by atoms with Gasteiger partial charge in [0.25, 0.3) is 0 Å². The molecule has 0 bridgehead atoms. The number of nitrogens with zero attached hydrogens (tertiary/aromatic N) is 1. The lowest BCUT2D eigenvalue weighted by atomic mass is 10.0. The van der Waals surface area contributed by atoms with Gasteiger partial charge in [-0.2, -0.15) is 11.8 Å². The normalized spacial score (nSPS) is 12.7. The monoisotopic (exact) mass is 274 g/mol. The molecule has 0 aliphatic rings. The largest absolute Gasteiger partial charge is 0.316 e. The van der Waals surface area contributed by atoms with Crippen molar-refractivity contribution >= 4 is 22.7 Å². The molecule has 3 heteroatoms. The Labute approximate surface area is 120 Å². The SMILES string of the molecule is CCCSCC(Cc1ccnc2ccccc12)NC. The number of hydrogen-bond donors (Lipinski definition) is 1. The maximum absolute atomic E-state index is 4.42. The summed E-state index contributed by atoms with van der Waals surface area (Å²) in [6.07, 6.45) is 4.24. The summed E-state index contributed by atoms with van der Waals surface area (Å²) in [5.74, 6) is 2.41. The standard InChI is InChI=1S/C16H22N2S/c1-3-10-19-12-14(17-2)11-13-8-9-18-16-7-5-4-6-15(13)16/h4-9,14,17H,3,10-12H2,1-2H3. The maximum Gasteiger partial charge on any atom is 0.0704 e. The molecule has 1 aromatic heterocycles. The fourth-order valence-corrected chi connectivity index (χ4v) is 3.24. The quantitative estimate of drug-likeness (QED) is 0.782. The Bertz CT molecular complexity index is 508. The van der Waals surface area contributed by atoms with Crippen molar-refractivity contribution in [3.05, 3.63) is 42.1 Å². The Balaban J connectivity index is 2.10. The van der Waals surface area contributed by atoms with Crippen LogP contribution in [0.25, 0.3) is 10.9 Å². The second kappa shape index (κ2) is 7.51. The molecule has 102 valence electrons. The van der Waals surface area contributed by atoms with Gasteiger partial charge in [-0.15, -0.1) is 0 Å². The van der Waals surface area contributed by atoms with Gasteiger partial charge in [-0.25, -0.2) is 0 Å². The van der Waals surface area contributed by atoms with E-state index in [-0.39, 0.29) is 0 Å². The van der Waals surface area contributed by atoms with Crippen LogP contribution in [0.1, 0.15) is 18.9 Å². The molecule has 0 radical (unpaired) electrons. The van der Waals surface area contributed by atoms with Gasteiger partial charge in [0, 0.05) is 23.4 Å². The van der Waals surface area contributed by atoms with Crippen LogP contribution in [0.2, 0.25) is 0 Å². The van der Waals surface area contributed by atoms with Crippen LogP contribution in [0.4, 0.5) is 0 Å². The van der Waals surface area contributed by atoms with Gasteiger partial charge in [0.1, 0.15) is 0 Å². The molecule has 1 aromatic carbocycles. The Hall–Kier alpha value is -1.06. The van der Waals surface area contributed by atoms with Crippen molar-refractivity contribution in [1.29, 1.82) is 0 Å². The van der Waals surface area contributed by atoms with Crippen LogP contribution in [-0.4, -0.2) is 29.6 Å². The molecular formula is C16H22N2S. The van der Waals surface area contributed by atoms with Gasteiger partial charge >= 0.3 is 0 Å². The van der Waals surface area contributed by atoms with Gasteiger partial charge in [-0.1, -0.05) is 25.1 Å². The van der Waals surface area contributed by atoms with E-state index < -0.39 is 0 Å². The summed E-state index contributed by atoms with van der Waals surface area (Å²) in [6.45, 7) is 2.23. The molecule has 0 fully saturated rings. The first-order valence-electron chi connectivity index (χ1n) is 6.92. The fourth-order valence-electron chi connectivity index (χ4n) is 2.21. The number of pyridine rings is 1. The predicted octanol–water partition coefficient (Wildman–Crippen LogP) is 3.51. The molecular weight excluding hydrogens is 252 g/mol. The minimum atomic E-state index is 0.530. The average Bonchev–Trinajstić information content (AvgIpc) is 2.46. The molecule has 0 saturated heterocycles. The second-order valence-electron chi connectivity index (χ2n) is 4.75. The van der Waals surface area contributed by atoms with E-state index >= 15 is 0 Å². The number of thioether (sulfide) groups is 1. The highest BCUT2D eigenvalue weighted by atomic mass is 32.2. The lowest BCUT2D eigenvalue weighted by Crippen LogP contribution is -2.30. The van der Waals surface area contributed by atoms with Crippen molar-refractivity contribution in [2.24, 2.45) is 0 Å². The molecule has 0 aliphatic carbocycles. The Morgan fingerprint density at radius 1 is 1.26 bits per heavy atom. The molecule has 0 aliphatic heterocycles. The summed E-state index contributed by atoms with van der Waals surface area (Å²) < 4.78 is 0. The molecule has 19 heavy (non-hydrogen) atoms. The summed E-state index contributed by atoms with van der Waals surface area (Å²) in [5, 5.41) is 4.72. The van der Waals surface area contributed by atoms with E-state index in [1.165, 1.54) is 28.9 Å². The number of aromatic nitrogens is 1. The number of likely N-dealkylation sites (N-methyl/N-ethyl adjacent to an activating group) is 1. The van der Waals surface area contributed by atoms with E-state index in [0.717, 1.165) is 11.9 Å². The number of rotatable bonds is 7.